The molecule has 0 spiro atoms. The fraction of sp³-hybridized carbons (Fsp3) is 0.200. The Labute approximate surface area is 116 Å². The Balaban J connectivity index is 1.69. The van der Waals surface area contributed by atoms with E-state index in [2.05, 4.69) is 0 Å². The van der Waals surface area contributed by atoms with Gasteiger partial charge < -0.3 is 14.6 Å². The largest absolute Gasteiger partial charge is 0.481 e. The molecule has 3 rings (SSSR count). The van der Waals surface area contributed by atoms with Crippen LogP contribution in [0.1, 0.15) is 10.4 Å². The Morgan fingerprint density at radius 3 is 2.20 bits per heavy atom. The Hall–Kier alpha value is -2.56. The number of carbonyl (C=O) groups is 2. The van der Waals surface area contributed by atoms with Gasteiger partial charge in [0.25, 0.3) is 5.91 Å². The van der Waals surface area contributed by atoms with E-state index < -0.39 is 11.9 Å². The second-order valence-electron chi connectivity index (χ2n) is 4.88. The number of nitrogens with zero attached hydrogens (tertiary/aromatic N) is 2. The first-order valence-electron chi connectivity index (χ1n) is 6.40. The molecule has 1 aliphatic heterocycles. The molecule has 5 nitrogen and oxygen atoms in total. The van der Waals surface area contributed by atoms with Crippen LogP contribution >= 0.6 is 0 Å². The maximum atomic E-state index is 12.1. The van der Waals surface area contributed by atoms with E-state index in [0.29, 0.717) is 18.7 Å². The molecule has 0 bridgehead atoms. The molecule has 102 valence electrons. The molecule has 0 aliphatic carbocycles. The lowest BCUT2D eigenvalue weighted by molar-refractivity contribution is -0.146. The first kappa shape index (κ1) is 12.5. The number of benzene rings is 1. The van der Waals surface area contributed by atoms with Gasteiger partial charge in [-0.1, -0.05) is 0 Å². The quantitative estimate of drug-likeness (QED) is 0.922. The summed E-state index contributed by atoms with van der Waals surface area (Å²) in [6, 6.07) is 11.2. The van der Waals surface area contributed by atoms with E-state index in [0.717, 1.165) is 5.69 Å². The van der Waals surface area contributed by atoms with Gasteiger partial charge in [-0.15, -0.1) is 0 Å². The van der Waals surface area contributed by atoms with Gasteiger partial charge >= 0.3 is 5.97 Å². The fourth-order valence-corrected chi connectivity index (χ4v) is 2.27. The molecule has 0 atom stereocenters. The van der Waals surface area contributed by atoms with E-state index in [1.165, 1.54) is 0 Å². The molecule has 0 unspecified atom stereocenters. The van der Waals surface area contributed by atoms with Crippen molar-refractivity contribution < 1.29 is 14.7 Å². The molecule has 1 aromatic heterocycles. The minimum absolute atomic E-state index is 0.110. The Kier molecular flexibility index (Phi) is 3.02. The van der Waals surface area contributed by atoms with E-state index in [4.69, 9.17) is 5.11 Å². The smallest absolute Gasteiger partial charge is 0.310 e. The van der Waals surface area contributed by atoms with Gasteiger partial charge in [-0.3, -0.25) is 9.59 Å². The Morgan fingerprint density at radius 1 is 1.05 bits per heavy atom. The van der Waals surface area contributed by atoms with Crippen molar-refractivity contribution >= 4 is 11.9 Å². The van der Waals surface area contributed by atoms with Gasteiger partial charge in [0.1, 0.15) is 0 Å². The fourth-order valence-electron chi connectivity index (χ4n) is 2.27. The maximum absolute atomic E-state index is 12.1. The third-order valence-electron chi connectivity index (χ3n) is 3.53. The third-order valence-corrected chi connectivity index (χ3v) is 3.53. The average molecular weight is 270 g/mol. The van der Waals surface area contributed by atoms with E-state index in [1.807, 2.05) is 41.2 Å². The number of aromatic nitrogens is 1. The molecule has 2 heterocycles. The van der Waals surface area contributed by atoms with Gasteiger partial charge in [-0.25, -0.2) is 0 Å². The first-order chi connectivity index (χ1) is 9.65. The average Bonchev–Trinajstić information content (AvgIpc) is 2.90. The van der Waals surface area contributed by atoms with Crippen molar-refractivity contribution in [3.05, 3.63) is 54.4 Å². The molecule has 1 saturated heterocycles. The zero-order valence-corrected chi connectivity index (χ0v) is 10.8. The minimum atomic E-state index is -0.836. The van der Waals surface area contributed by atoms with Crippen molar-refractivity contribution in [3.63, 3.8) is 0 Å². The molecule has 1 fully saturated rings. The molecule has 0 radical (unpaired) electrons. The number of carbonyl (C=O) groups excluding carboxylic acids is 1. The highest BCUT2D eigenvalue weighted by molar-refractivity contribution is 5.95. The van der Waals surface area contributed by atoms with Gasteiger partial charge in [0, 0.05) is 36.7 Å². The van der Waals surface area contributed by atoms with Crippen LogP contribution in [0.4, 0.5) is 0 Å². The number of likely N-dealkylation sites (tertiary alicyclic amines) is 1. The molecule has 1 N–H and O–H groups in total. The zero-order chi connectivity index (χ0) is 14.1. The summed E-state index contributed by atoms with van der Waals surface area (Å²) >= 11 is 0. The number of aliphatic carboxylic acids is 1. The van der Waals surface area contributed by atoms with Crippen LogP contribution in [-0.4, -0.2) is 39.5 Å². The van der Waals surface area contributed by atoms with E-state index in [-0.39, 0.29) is 5.91 Å². The summed E-state index contributed by atoms with van der Waals surface area (Å²) in [5.74, 6) is -1.36. The lowest BCUT2D eigenvalue weighted by Gasteiger charge is -2.36. The van der Waals surface area contributed by atoms with Crippen LogP contribution in [0.3, 0.4) is 0 Å². The van der Waals surface area contributed by atoms with Crippen molar-refractivity contribution in [2.75, 3.05) is 13.1 Å². The predicted molar refractivity (Wildman–Crippen MR) is 72.8 cm³/mol. The van der Waals surface area contributed by atoms with E-state index >= 15 is 0 Å². The second kappa shape index (κ2) is 4.85. The van der Waals surface area contributed by atoms with Gasteiger partial charge in [-0.05, 0) is 36.4 Å². The van der Waals surface area contributed by atoms with Crippen LogP contribution in [0.15, 0.2) is 48.8 Å². The lowest BCUT2D eigenvalue weighted by Crippen LogP contribution is -2.53. The number of carboxylic acid groups (broad SMARTS) is 1. The molecule has 20 heavy (non-hydrogen) atoms. The maximum Gasteiger partial charge on any atom is 0.310 e. The molecular weight excluding hydrogens is 256 g/mol. The summed E-state index contributed by atoms with van der Waals surface area (Å²) in [4.78, 5) is 24.4. The topological polar surface area (TPSA) is 62.5 Å². The van der Waals surface area contributed by atoms with Gasteiger partial charge in [-0.2, -0.15) is 0 Å². The summed E-state index contributed by atoms with van der Waals surface area (Å²) in [6.07, 6.45) is 3.87. The molecule has 1 aromatic carbocycles. The summed E-state index contributed by atoms with van der Waals surface area (Å²) in [6.45, 7) is 0.598. The van der Waals surface area contributed by atoms with Gasteiger partial charge in [0.15, 0.2) is 0 Å². The van der Waals surface area contributed by atoms with Crippen LogP contribution in [0.25, 0.3) is 5.69 Å². The third kappa shape index (κ3) is 2.18. The SMILES string of the molecule is O=C(O)C1CN(C(=O)c2ccc(-n3cccc3)cc2)C1. The highest BCUT2D eigenvalue weighted by Gasteiger charge is 2.35. The molecule has 2 aromatic rings. The highest BCUT2D eigenvalue weighted by Crippen LogP contribution is 2.19. The number of carboxylic acids is 1. The van der Waals surface area contributed by atoms with Crippen molar-refractivity contribution in [2.24, 2.45) is 5.92 Å². The number of hydrogen-bond donors (Lipinski definition) is 1. The number of rotatable bonds is 3. The standard InChI is InChI=1S/C15H14N2O3/c18-14(17-9-12(10-17)15(19)20)11-3-5-13(6-4-11)16-7-1-2-8-16/h1-8,12H,9-10H2,(H,19,20). The van der Waals surface area contributed by atoms with Crippen LogP contribution < -0.4 is 0 Å². The monoisotopic (exact) mass is 270 g/mol. The summed E-state index contributed by atoms with van der Waals surface area (Å²) in [5, 5.41) is 8.80. The number of hydrogen-bond acceptors (Lipinski definition) is 2. The molecule has 1 aliphatic rings. The van der Waals surface area contributed by atoms with E-state index in [9.17, 15) is 9.59 Å². The normalized spacial score (nSPS) is 14.9. The van der Waals surface area contributed by atoms with E-state index in [1.54, 1.807) is 17.0 Å². The predicted octanol–water partition coefficient (Wildman–Crippen LogP) is 1.63. The van der Waals surface area contributed by atoms with Crippen molar-refractivity contribution in [3.8, 4) is 5.69 Å². The van der Waals surface area contributed by atoms with Gasteiger partial charge in [0.2, 0.25) is 0 Å². The van der Waals surface area contributed by atoms with Crippen LogP contribution in [0.2, 0.25) is 0 Å². The van der Waals surface area contributed by atoms with Crippen LogP contribution in [0.5, 0.6) is 0 Å². The lowest BCUT2D eigenvalue weighted by atomic mass is 9.99. The van der Waals surface area contributed by atoms with Crippen LogP contribution in [-0.2, 0) is 4.79 Å². The Morgan fingerprint density at radius 2 is 1.65 bits per heavy atom. The minimum Gasteiger partial charge on any atom is -0.481 e. The molecule has 5 heteroatoms. The number of amides is 1. The first-order valence-corrected chi connectivity index (χ1v) is 6.40. The Bertz CT molecular complexity index is 626. The van der Waals surface area contributed by atoms with Crippen molar-refractivity contribution in [1.29, 1.82) is 0 Å². The van der Waals surface area contributed by atoms with Crippen molar-refractivity contribution in [2.45, 2.75) is 0 Å². The molecule has 1 amide bonds. The van der Waals surface area contributed by atoms with Crippen molar-refractivity contribution in [1.82, 2.24) is 9.47 Å². The second-order valence-corrected chi connectivity index (χ2v) is 4.88. The summed E-state index contributed by atoms with van der Waals surface area (Å²) in [5.41, 5.74) is 1.57. The van der Waals surface area contributed by atoms with Crippen LogP contribution in [0, 0.1) is 5.92 Å². The molecular formula is C15H14N2O3. The molecule has 0 saturated carbocycles. The zero-order valence-electron chi connectivity index (χ0n) is 10.8. The highest BCUT2D eigenvalue weighted by atomic mass is 16.4. The summed E-state index contributed by atoms with van der Waals surface area (Å²) in [7, 11) is 0. The summed E-state index contributed by atoms with van der Waals surface area (Å²) < 4.78 is 1.96. The van der Waals surface area contributed by atoms with Gasteiger partial charge in [0.05, 0.1) is 5.92 Å².